The van der Waals surface area contributed by atoms with Crippen LogP contribution in [0.4, 0.5) is 0 Å². The molecule has 0 bridgehead atoms. The monoisotopic (exact) mass is 226 g/mol. The molecule has 1 amide bonds. The van der Waals surface area contributed by atoms with E-state index in [2.05, 4.69) is 12.2 Å². The number of amides is 1. The Balaban J connectivity index is 2.36. The van der Waals surface area contributed by atoms with Gasteiger partial charge in [0.2, 0.25) is 5.91 Å². The van der Waals surface area contributed by atoms with Crippen molar-refractivity contribution in [2.45, 2.75) is 59.4 Å². The van der Waals surface area contributed by atoms with Gasteiger partial charge < -0.3 is 11.1 Å². The minimum absolute atomic E-state index is 0.00474. The summed E-state index contributed by atoms with van der Waals surface area (Å²) in [6, 6.07) is -0.412. The number of nitrogens with two attached hydrogens (primary N) is 1. The first-order valence-corrected chi connectivity index (χ1v) is 6.34. The largest absolute Gasteiger partial charge is 0.354 e. The molecule has 3 heteroatoms. The topological polar surface area (TPSA) is 55.1 Å². The molecule has 1 unspecified atom stereocenters. The third-order valence-electron chi connectivity index (χ3n) is 3.59. The Morgan fingerprint density at radius 1 is 1.44 bits per heavy atom. The molecule has 1 saturated carbocycles. The Hall–Kier alpha value is -0.570. The molecule has 0 radical (unpaired) electrons. The van der Waals surface area contributed by atoms with Crippen LogP contribution in [0, 0.1) is 10.8 Å². The van der Waals surface area contributed by atoms with Gasteiger partial charge in [-0.25, -0.2) is 0 Å². The summed E-state index contributed by atoms with van der Waals surface area (Å²) in [5, 5.41) is 3.01. The molecule has 0 aromatic carbocycles. The molecule has 1 aliphatic carbocycles. The average Bonchev–Trinajstić information content (AvgIpc) is 2.93. The van der Waals surface area contributed by atoms with Gasteiger partial charge in [-0.2, -0.15) is 0 Å². The highest BCUT2D eigenvalue weighted by molar-refractivity contribution is 5.82. The van der Waals surface area contributed by atoms with Gasteiger partial charge in [-0.1, -0.05) is 34.1 Å². The predicted molar refractivity (Wildman–Crippen MR) is 67.0 cm³/mol. The van der Waals surface area contributed by atoms with E-state index in [0.717, 1.165) is 6.54 Å². The Labute approximate surface area is 99.2 Å². The molecule has 1 atom stereocenters. The number of carbonyl (C=O) groups excluding carboxylic acids is 1. The average molecular weight is 226 g/mol. The van der Waals surface area contributed by atoms with E-state index in [1.807, 2.05) is 20.8 Å². The first kappa shape index (κ1) is 13.5. The van der Waals surface area contributed by atoms with Gasteiger partial charge in [-0.15, -0.1) is 0 Å². The van der Waals surface area contributed by atoms with Crippen LogP contribution in [0.1, 0.15) is 53.4 Å². The van der Waals surface area contributed by atoms with Crippen molar-refractivity contribution in [2.75, 3.05) is 6.54 Å². The molecule has 0 heterocycles. The number of rotatable bonds is 5. The fourth-order valence-electron chi connectivity index (χ4n) is 2.00. The summed E-state index contributed by atoms with van der Waals surface area (Å²) in [6.45, 7) is 8.99. The molecule has 1 rings (SSSR count). The van der Waals surface area contributed by atoms with Crippen molar-refractivity contribution in [1.82, 2.24) is 5.32 Å². The predicted octanol–water partition coefficient (Wildman–Crippen LogP) is 2.06. The van der Waals surface area contributed by atoms with E-state index in [9.17, 15) is 4.79 Å². The Morgan fingerprint density at radius 2 is 2.00 bits per heavy atom. The Bertz CT molecular complexity index is 251. The van der Waals surface area contributed by atoms with Crippen molar-refractivity contribution in [3.8, 4) is 0 Å². The highest BCUT2D eigenvalue weighted by atomic mass is 16.2. The van der Waals surface area contributed by atoms with Crippen molar-refractivity contribution in [3.05, 3.63) is 0 Å². The lowest BCUT2D eigenvalue weighted by Gasteiger charge is -2.26. The zero-order valence-corrected chi connectivity index (χ0v) is 11.1. The lowest BCUT2D eigenvalue weighted by atomic mass is 9.87. The maximum atomic E-state index is 11.8. The molecule has 16 heavy (non-hydrogen) atoms. The van der Waals surface area contributed by atoms with E-state index >= 15 is 0 Å². The quantitative estimate of drug-likeness (QED) is 0.754. The van der Waals surface area contributed by atoms with Crippen molar-refractivity contribution < 1.29 is 4.79 Å². The van der Waals surface area contributed by atoms with Crippen LogP contribution >= 0.6 is 0 Å². The second kappa shape index (κ2) is 4.74. The van der Waals surface area contributed by atoms with Crippen LogP contribution in [-0.2, 0) is 4.79 Å². The third-order valence-corrected chi connectivity index (χ3v) is 3.59. The molecule has 3 nitrogen and oxygen atoms in total. The first-order chi connectivity index (χ1) is 7.31. The molecule has 0 saturated heterocycles. The van der Waals surface area contributed by atoms with E-state index in [0.29, 0.717) is 5.41 Å². The summed E-state index contributed by atoms with van der Waals surface area (Å²) < 4.78 is 0. The lowest BCUT2D eigenvalue weighted by molar-refractivity contribution is -0.124. The van der Waals surface area contributed by atoms with Gasteiger partial charge in [0.1, 0.15) is 0 Å². The second-order valence-corrected chi connectivity index (χ2v) is 6.31. The number of hydrogen-bond acceptors (Lipinski definition) is 2. The highest BCUT2D eigenvalue weighted by Crippen LogP contribution is 2.48. The summed E-state index contributed by atoms with van der Waals surface area (Å²) in [6.07, 6.45) is 4.93. The fourth-order valence-corrected chi connectivity index (χ4v) is 2.00. The van der Waals surface area contributed by atoms with Crippen LogP contribution < -0.4 is 11.1 Å². The zero-order valence-electron chi connectivity index (χ0n) is 11.1. The smallest absolute Gasteiger partial charge is 0.237 e. The van der Waals surface area contributed by atoms with Crippen LogP contribution in [0.3, 0.4) is 0 Å². The molecule has 3 N–H and O–H groups in total. The molecule has 1 fully saturated rings. The van der Waals surface area contributed by atoms with Crippen LogP contribution in [0.15, 0.2) is 0 Å². The summed E-state index contributed by atoms with van der Waals surface area (Å²) in [4.78, 5) is 11.8. The maximum Gasteiger partial charge on any atom is 0.237 e. The maximum absolute atomic E-state index is 11.8. The van der Waals surface area contributed by atoms with Crippen molar-refractivity contribution in [1.29, 1.82) is 0 Å². The molecule has 0 spiro atoms. The summed E-state index contributed by atoms with van der Waals surface area (Å²) in [5.41, 5.74) is 6.15. The normalized spacial score (nSPS) is 20.3. The van der Waals surface area contributed by atoms with E-state index in [1.54, 1.807) is 0 Å². The third kappa shape index (κ3) is 3.48. The number of nitrogens with one attached hydrogen (secondary N) is 1. The van der Waals surface area contributed by atoms with Gasteiger partial charge in [0.25, 0.3) is 0 Å². The summed E-state index contributed by atoms with van der Waals surface area (Å²) in [7, 11) is 0. The van der Waals surface area contributed by atoms with E-state index in [1.165, 1.54) is 25.7 Å². The molecule has 0 aliphatic heterocycles. The van der Waals surface area contributed by atoms with Crippen molar-refractivity contribution in [3.63, 3.8) is 0 Å². The standard InChI is InChI=1S/C13H26N2O/c1-5-6-13(7-8-13)9-15-11(16)10(14)12(2,3)4/h10H,5-9,14H2,1-4H3,(H,15,16). The fraction of sp³-hybridized carbons (Fsp3) is 0.923. The van der Waals surface area contributed by atoms with Crippen molar-refractivity contribution in [2.24, 2.45) is 16.6 Å². The molecule has 1 aliphatic rings. The molecule has 0 aromatic rings. The summed E-state index contributed by atoms with van der Waals surface area (Å²) in [5.74, 6) is -0.00474. The summed E-state index contributed by atoms with van der Waals surface area (Å²) >= 11 is 0. The van der Waals surface area contributed by atoms with Gasteiger partial charge in [-0.05, 0) is 30.1 Å². The van der Waals surface area contributed by atoms with Gasteiger partial charge in [0.15, 0.2) is 0 Å². The van der Waals surface area contributed by atoms with E-state index in [4.69, 9.17) is 5.73 Å². The molecular formula is C13H26N2O. The first-order valence-electron chi connectivity index (χ1n) is 6.34. The minimum Gasteiger partial charge on any atom is -0.354 e. The zero-order chi connectivity index (χ0) is 12.4. The number of carbonyl (C=O) groups is 1. The lowest BCUT2D eigenvalue weighted by Crippen LogP contribution is -2.49. The van der Waals surface area contributed by atoms with Crippen LogP contribution in [0.2, 0.25) is 0 Å². The molecule has 94 valence electrons. The van der Waals surface area contributed by atoms with Gasteiger partial charge >= 0.3 is 0 Å². The Morgan fingerprint density at radius 3 is 2.38 bits per heavy atom. The van der Waals surface area contributed by atoms with Gasteiger partial charge in [-0.3, -0.25) is 4.79 Å². The number of hydrogen-bond donors (Lipinski definition) is 2. The van der Waals surface area contributed by atoms with Gasteiger partial charge in [0, 0.05) is 6.54 Å². The molecular weight excluding hydrogens is 200 g/mol. The van der Waals surface area contributed by atoms with Crippen LogP contribution in [0.25, 0.3) is 0 Å². The minimum atomic E-state index is -0.412. The molecule has 0 aromatic heterocycles. The Kier molecular flexibility index (Phi) is 4.00. The van der Waals surface area contributed by atoms with E-state index in [-0.39, 0.29) is 11.3 Å². The van der Waals surface area contributed by atoms with Crippen molar-refractivity contribution >= 4 is 5.91 Å². The highest BCUT2D eigenvalue weighted by Gasteiger charge is 2.42. The second-order valence-electron chi connectivity index (χ2n) is 6.31. The van der Waals surface area contributed by atoms with Crippen LogP contribution in [0.5, 0.6) is 0 Å². The SMILES string of the molecule is CCCC1(CNC(=O)C(N)C(C)(C)C)CC1. The van der Waals surface area contributed by atoms with E-state index < -0.39 is 6.04 Å². The van der Waals surface area contributed by atoms with Crippen LogP contribution in [-0.4, -0.2) is 18.5 Å². The van der Waals surface area contributed by atoms with Gasteiger partial charge in [0.05, 0.1) is 6.04 Å².